The normalized spacial score (nSPS) is 11.8. The Morgan fingerprint density at radius 3 is 2.63 bits per heavy atom. The molecular formula is C11H19N3O4S. The van der Waals surface area contributed by atoms with Crippen molar-refractivity contribution in [3.8, 4) is 0 Å². The molecule has 7 nitrogen and oxygen atoms in total. The molecule has 0 radical (unpaired) electrons. The molecule has 0 saturated carbocycles. The Balaban J connectivity index is 2.98. The van der Waals surface area contributed by atoms with Gasteiger partial charge in [0.1, 0.15) is 6.54 Å². The van der Waals surface area contributed by atoms with Gasteiger partial charge in [-0.05, 0) is 19.4 Å². The van der Waals surface area contributed by atoms with Crippen LogP contribution in [0.15, 0.2) is 17.3 Å². The minimum absolute atomic E-state index is 0.0604. The molecule has 8 heteroatoms. The van der Waals surface area contributed by atoms with E-state index >= 15 is 0 Å². The highest BCUT2D eigenvalue weighted by molar-refractivity contribution is 7.89. The molecule has 0 aliphatic heterocycles. The van der Waals surface area contributed by atoms with Crippen molar-refractivity contribution >= 4 is 16.0 Å². The van der Waals surface area contributed by atoms with Crippen molar-refractivity contribution in [2.75, 3.05) is 19.7 Å². The molecule has 1 rings (SSSR count). The average Bonchev–Trinajstić information content (AvgIpc) is 2.76. The minimum Gasteiger partial charge on any atom is -0.465 e. The fraction of sp³-hybridized carbons (Fsp3) is 0.636. The maximum Gasteiger partial charge on any atom is 0.321 e. The van der Waals surface area contributed by atoms with E-state index in [1.165, 1.54) is 16.9 Å². The predicted molar refractivity (Wildman–Crippen MR) is 68.9 cm³/mol. The number of ether oxygens (including phenoxy) is 1. The molecule has 0 aliphatic carbocycles. The van der Waals surface area contributed by atoms with Crippen LogP contribution in [0.3, 0.4) is 0 Å². The van der Waals surface area contributed by atoms with E-state index in [1.54, 1.807) is 14.0 Å². The highest BCUT2D eigenvalue weighted by Gasteiger charge is 2.28. The van der Waals surface area contributed by atoms with Crippen molar-refractivity contribution in [3.05, 3.63) is 12.3 Å². The molecule has 108 valence electrons. The van der Waals surface area contributed by atoms with E-state index in [9.17, 15) is 13.2 Å². The first kappa shape index (κ1) is 15.6. The van der Waals surface area contributed by atoms with E-state index in [1.807, 2.05) is 6.92 Å². The number of esters is 1. The second-order valence-electron chi connectivity index (χ2n) is 3.94. The molecule has 0 bridgehead atoms. The fourth-order valence-corrected chi connectivity index (χ4v) is 3.21. The molecule has 0 spiro atoms. The van der Waals surface area contributed by atoms with Crippen molar-refractivity contribution in [2.45, 2.75) is 25.3 Å². The van der Waals surface area contributed by atoms with Crippen LogP contribution < -0.4 is 0 Å². The number of aryl methyl sites for hydroxylation is 1. The van der Waals surface area contributed by atoms with Crippen LogP contribution >= 0.6 is 0 Å². The molecule has 0 atom stereocenters. The van der Waals surface area contributed by atoms with Crippen molar-refractivity contribution in [3.63, 3.8) is 0 Å². The summed E-state index contributed by atoms with van der Waals surface area (Å²) in [6.07, 6.45) is 2.01. The van der Waals surface area contributed by atoms with E-state index in [-0.39, 0.29) is 24.7 Å². The number of hydrogen-bond acceptors (Lipinski definition) is 5. The standard InChI is InChI=1S/C11H19N3O4S/c1-4-8-14(9-11(15)18-5-2)19(16,17)10-6-7-12-13(10)3/h6-7H,4-5,8-9H2,1-3H3. The first-order chi connectivity index (χ1) is 8.93. The second-order valence-corrected chi connectivity index (χ2v) is 5.82. The molecule has 0 aromatic carbocycles. The third-order valence-corrected chi connectivity index (χ3v) is 4.38. The van der Waals surface area contributed by atoms with Crippen molar-refractivity contribution in [1.29, 1.82) is 0 Å². The van der Waals surface area contributed by atoms with Gasteiger partial charge >= 0.3 is 5.97 Å². The Morgan fingerprint density at radius 1 is 1.47 bits per heavy atom. The van der Waals surface area contributed by atoms with Gasteiger partial charge in [0.2, 0.25) is 0 Å². The molecule has 1 aromatic rings. The van der Waals surface area contributed by atoms with Gasteiger partial charge in [-0.25, -0.2) is 8.42 Å². The Bertz CT molecular complexity index is 524. The van der Waals surface area contributed by atoms with Crippen molar-refractivity contribution in [2.24, 2.45) is 7.05 Å². The summed E-state index contributed by atoms with van der Waals surface area (Å²) in [5.74, 6) is -0.554. The molecule has 0 amide bonds. The van der Waals surface area contributed by atoms with Crippen molar-refractivity contribution in [1.82, 2.24) is 14.1 Å². The van der Waals surface area contributed by atoms with Gasteiger partial charge in [0.25, 0.3) is 10.0 Å². The number of carbonyl (C=O) groups excluding carboxylic acids is 1. The lowest BCUT2D eigenvalue weighted by atomic mass is 10.5. The largest absolute Gasteiger partial charge is 0.465 e. The number of sulfonamides is 1. The van der Waals surface area contributed by atoms with Gasteiger partial charge in [0, 0.05) is 13.6 Å². The van der Waals surface area contributed by atoms with Crippen LogP contribution in [-0.2, 0) is 26.6 Å². The number of carbonyl (C=O) groups is 1. The molecule has 0 unspecified atom stereocenters. The van der Waals surface area contributed by atoms with E-state index in [4.69, 9.17) is 4.74 Å². The topological polar surface area (TPSA) is 81.5 Å². The summed E-state index contributed by atoms with van der Waals surface area (Å²) in [6.45, 7) is 3.72. The number of aromatic nitrogens is 2. The third-order valence-electron chi connectivity index (χ3n) is 2.46. The fourth-order valence-electron chi connectivity index (χ4n) is 1.63. The van der Waals surface area contributed by atoms with Crippen molar-refractivity contribution < 1.29 is 17.9 Å². The Kier molecular flexibility index (Phi) is 5.49. The molecule has 0 aliphatic rings. The van der Waals surface area contributed by atoms with E-state index < -0.39 is 16.0 Å². The number of hydrogen-bond donors (Lipinski definition) is 0. The van der Waals surface area contributed by atoms with Gasteiger partial charge in [-0.3, -0.25) is 9.48 Å². The molecule has 0 N–H and O–H groups in total. The van der Waals surface area contributed by atoms with Gasteiger partial charge < -0.3 is 4.74 Å². The SMILES string of the molecule is CCCN(CC(=O)OCC)S(=O)(=O)c1ccnn1C. The third kappa shape index (κ3) is 3.77. The maximum absolute atomic E-state index is 12.4. The molecular weight excluding hydrogens is 270 g/mol. The Hall–Kier alpha value is -1.41. The second kappa shape index (κ2) is 6.67. The van der Waals surface area contributed by atoms with Gasteiger partial charge in [0.05, 0.1) is 12.8 Å². The lowest BCUT2D eigenvalue weighted by Gasteiger charge is -2.20. The monoisotopic (exact) mass is 289 g/mol. The van der Waals surface area contributed by atoms with Crippen LogP contribution in [0.1, 0.15) is 20.3 Å². The van der Waals surface area contributed by atoms with Gasteiger partial charge in [-0.2, -0.15) is 9.40 Å². The summed E-state index contributed by atoms with van der Waals surface area (Å²) in [4.78, 5) is 11.5. The maximum atomic E-state index is 12.4. The molecule has 1 aromatic heterocycles. The molecule has 0 fully saturated rings. The first-order valence-corrected chi connectivity index (χ1v) is 7.51. The summed E-state index contributed by atoms with van der Waals surface area (Å²) in [5.41, 5.74) is 0. The summed E-state index contributed by atoms with van der Waals surface area (Å²) < 4.78 is 32.0. The first-order valence-electron chi connectivity index (χ1n) is 6.07. The summed E-state index contributed by atoms with van der Waals surface area (Å²) in [6, 6.07) is 1.41. The number of nitrogens with zero attached hydrogens (tertiary/aromatic N) is 3. The van der Waals surface area contributed by atoms with Gasteiger partial charge in [0.15, 0.2) is 5.03 Å². The molecule has 0 saturated heterocycles. The Labute approximate surface area is 113 Å². The zero-order valence-electron chi connectivity index (χ0n) is 11.4. The van der Waals surface area contributed by atoms with Crippen LogP contribution in [0.5, 0.6) is 0 Å². The lowest BCUT2D eigenvalue weighted by molar-refractivity contribution is -0.143. The average molecular weight is 289 g/mol. The highest BCUT2D eigenvalue weighted by Crippen LogP contribution is 2.14. The van der Waals surface area contributed by atoms with Crippen LogP contribution in [0.2, 0.25) is 0 Å². The zero-order valence-corrected chi connectivity index (χ0v) is 12.2. The van der Waals surface area contributed by atoms with E-state index in [0.717, 1.165) is 4.31 Å². The summed E-state index contributed by atoms with van der Waals surface area (Å²) in [5, 5.41) is 3.90. The van der Waals surface area contributed by atoms with Crippen LogP contribution in [-0.4, -0.2) is 48.2 Å². The number of rotatable bonds is 7. The highest BCUT2D eigenvalue weighted by atomic mass is 32.2. The lowest BCUT2D eigenvalue weighted by Crippen LogP contribution is -2.37. The van der Waals surface area contributed by atoms with Crippen LogP contribution in [0.4, 0.5) is 0 Å². The quantitative estimate of drug-likeness (QED) is 0.678. The summed E-state index contributed by atoms with van der Waals surface area (Å²) in [7, 11) is -2.19. The van der Waals surface area contributed by atoms with Crippen LogP contribution in [0.25, 0.3) is 0 Å². The molecule has 19 heavy (non-hydrogen) atoms. The van der Waals surface area contributed by atoms with Gasteiger partial charge in [-0.15, -0.1) is 0 Å². The smallest absolute Gasteiger partial charge is 0.321 e. The summed E-state index contributed by atoms with van der Waals surface area (Å²) >= 11 is 0. The van der Waals surface area contributed by atoms with E-state index in [2.05, 4.69) is 5.10 Å². The van der Waals surface area contributed by atoms with E-state index in [0.29, 0.717) is 6.42 Å². The Morgan fingerprint density at radius 2 is 2.16 bits per heavy atom. The van der Waals surface area contributed by atoms with Crippen LogP contribution in [0, 0.1) is 0 Å². The van der Waals surface area contributed by atoms with Gasteiger partial charge in [-0.1, -0.05) is 6.92 Å². The minimum atomic E-state index is -3.73. The predicted octanol–water partition coefficient (Wildman–Crippen LogP) is 0.384. The molecule has 1 heterocycles. The zero-order chi connectivity index (χ0) is 14.5.